The highest BCUT2D eigenvalue weighted by Gasteiger charge is 2.61. The molecule has 0 saturated carbocycles. The minimum absolute atomic E-state index is 0.103. The third kappa shape index (κ3) is 5.18. The summed E-state index contributed by atoms with van der Waals surface area (Å²) in [5.41, 5.74) is 9.58. The van der Waals surface area contributed by atoms with E-state index >= 15 is 0 Å². The molecule has 2 heterocycles. The van der Waals surface area contributed by atoms with Gasteiger partial charge in [0.2, 0.25) is 5.91 Å². The van der Waals surface area contributed by atoms with Crippen molar-refractivity contribution in [3.63, 3.8) is 0 Å². The summed E-state index contributed by atoms with van der Waals surface area (Å²) in [6.07, 6.45) is -0.0769. The maximum absolute atomic E-state index is 14.3. The number of nitrogens with two attached hydrogens (primary N) is 1. The van der Waals surface area contributed by atoms with Crippen molar-refractivity contribution in [2.24, 2.45) is 11.7 Å². The summed E-state index contributed by atoms with van der Waals surface area (Å²) < 4.78 is 34.3. The maximum atomic E-state index is 14.3. The number of aryl methyl sites for hydroxylation is 1. The van der Waals surface area contributed by atoms with Gasteiger partial charge in [-0.1, -0.05) is 79.7 Å². The van der Waals surface area contributed by atoms with Crippen LogP contribution >= 0.6 is 11.8 Å². The van der Waals surface area contributed by atoms with Crippen LogP contribution in [0.3, 0.4) is 0 Å². The average molecular weight is 579 g/mol. The number of carbonyl (C=O) groups excluding carboxylic acids is 2. The van der Waals surface area contributed by atoms with Gasteiger partial charge in [0.1, 0.15) is 5.25 Å². The van der Waals surface area contributed by atoms with Crippen molar-refractivity contribution in [1.29, 1.82) is 0 Å². The van der Waals surface area contributed by atoms with E-state index in [0.717, 1.165) is 11.1 Å². The summed E-state index contributed by atoms with van der Waals surface area (Å²) in [6.45, 7) is 4.11. The van der Waals surface area contributed by atoms with E-state index < -0.39 is 49.7 Å². The number of thioether (sulfide) groups is 1. The van der Waals surface area contributed by atoms with Crippen LogP contribution < -0.4 is 5.73 Å². The van der Waals surface area contributed by atoms with E-state index in [2.05, 4.69) is 0 Å². The van der Waals surface area contributed by atoms with Gasteiger partial charge >= 0.3 is 5.97 Å². The van der Waals surface area contributed by atoms with E-state index in [1.807, 2.05) is 68.4 Å². The van der Waals surface area contributed by atoms with Crippen molar-refractivity contribution in [2.75, 3.05) is 6.61 Å². The Kier molecular flexibility index (Phi) is 8.35. The van der Waals surface area contributed by atoms with Gasteiger partial charge < -0.3 is 15.4 Å². The van der Waals surface area contributed by atoms with E-state index in [9.17, 15) is 18.0 Å². The molecule has 2 aliphatic heterocycles. The number of hydrogen-bond donors (Lipinski definition) is 1. The Labute approximate surface area is 240 Å². The van der Waals surface area contributed by atoms with E-state index in [0.29, 0.717) is 18.4 Å². The van der Waals surface area contributed by atoms with Gasteiger partial charge in [-0.2, -0.15) is 0 Å². The molecule has 2 saturated heterocycles. The van der Waals surface area contributed by atoms with Crippen molar-refractivity contribution < 1.29 is 22.7 Å². The molecule has 5 rings (SSSR count). The summed E-state index contributed by atoms with van der Waals surface area (Å²) in [5.74, 6) is -2.50. The molecule has 0 spiro atoms. The minimum atomic E-state index is -4.08. The normalized spacial score (nSPS) is 26.4. The molecule has 6 unspecified atom stereocenters. The van der Waals surface area contributed by atoms with Gasteiger partial charge in [0.25, 0.3) is 0 Å². The van der Waals surface area contributed by atoms with Gasteiger partial charge in [0.05, 0.1) is 34.2 Å². The summed E-state index contributed by atoms with van der Waals surface area (Å²) >= 11 is 1.39. The van der Waals surface area contributed by atoms with Gasteiger partial charge in [-0.3, -0.25) is 9.59 Å². The van der Waals surface area contributed by atoms with Gasteiger partial charge in [-0.05, 0) is 48.6 Å². The molecular formula is C31H34N2O5S2. The smallest absolute Gasteiger partial charge is 0.312 e. The van der Waals surface area contributed by atoms with E-state index in [1.165, 1.54) is 28.8 Å². The van der Waals surface area contributed by atoms with Crippen molar-refractivity contribution in [1.82, 2.24) is 4.90 Å². The molecule has 2 aliphatic rings. The predicted octanol–water partition coefficient (Wildman–Crippen LogP) is 4.30. The van der Waals surface area contributed by atoms with Crippen LogP contribution in [0.5, 0.6) is 0 Å². The lowest BCUT2D eigenvalue weighted by atomic mass is 9.78. The fraction of sp³-hybridized carbons (Fsp3) is 0.355. The van der Waals surface area contributed by atoms with Crippen LogP contribution in [0, 0.1) is 12.8 Å². The molecule has 9 heteroatoms. The Morgan fingerprint density at radius 3 is 2.25 bits per heavy atom. The molecule has 40 heavy (non-hydrogen) atoms. The van der Waals surface area contributed by atoms with Gasteiger partial charge in [0.15, 0.2) is 9.84 Å². The Morgan fingerprint density at radius 2 is 1.60 bits per heavy atom. The van der Waals surface area contributed by atoms with Crippen LogP contribution in [0.1, 0.15) is 36.0 Å². The number of amides is 1. The number of sulfone groups is 1. The third-order valence-corrected chi connectivity index (χ3v) is 11.5. The number of esters is 1. The average Bonchev–Trinajstić information content (AvgIpc) is 3.29. The molecule has 0 aromatic heterocycles. The van der Waals surface area contributed by atoms with Crippen LogP contribution in [0.4, 0.5) is 0 Å². The quantitative estimate of drug-likeness (QED) is 0.397. The van der Waals surface area contributed by atoms with E-state index in [1.54, 1.807) is 18.2 Å². The minimum Gasteiger partial charge on any atom is -0.465 e. The van der Waals surface area contributed by atoms with Crippen molar-refractivity contribution in [2.45, 2.75) is 59.5 Å². The van der Waals surface area contributed by atoms with Gasteiger partial charge in [-0.25, -0.2) is 8.42 Å². The Balaban J connectivity index is 1.65. The lowest BCUT2D eigenvalue weighted by molar-refractivity contribution is -0.154. The number of rotatable bonds is 8. The van der Waals surface area contributed by atoms with Crippen molar-refractivity contribution in [3.05, 3.63) is 102 Å². The van der Waals surface area contributed by atoms with E-state index in [-0.39, 0.29) is 17.4 Å². The number of nitrogens with zero attached hydrogens (tertiary/aromatic N) is 1. The highest BCUT2D eigenvalue weighted by Crippen LogP contribution is 2.51. The first-order valence-electron chi connectivity index (χ1n) is 13.5. The fourth-order valence-electron chi connectivity index (χ4n) is 5.86. The van der Waals surface area contributed by atoms with Crippen LogP contribution in [0.25, 0.3) is 0 Å². The highest BCUT2D eigenvalue weighted by molar-refractivity contribution is 8.01. The molecule has 1 amide bonds. The second kappa shape index (κ2) is 11.8. The molecule has 3 aromatic rings. The molecule has 6 atom stereocenters. The van der Waals surface area contributed by atoms with Crippen LogP contribution in [-0.2, 0) is 30.6 Å². The predicted molar refractivity (Wildman–Crippen MR) is 156 cm³/mol. The molecular weight excluding hydrogens is 544 g/mol. The standard InChI is InChI=1S/C31H34N2O5S2/c1-3-18-38-31(35)26-25(21-13-6-4-7-14-21)27(40(36,37)23-16-8-5-9-17-23)28(32)33-29(34)24(39-30(26)33)19-22-15-11-10-12-20(22)2/h4-17,24-28,30H,3,18-19,32H2,1-2H3. The molecule has 210 valence electrons. The maximum Gasteiger partial charge on any atom is 0.312 e. The Hall–Kier alpha value is -3.14. The topological polar surface area (TPSA) is 107 Å². The molecule has 0 radical (unpaired) electrons. The van der Waals surface area contributed by atoms with Crippen LogP contribution in [-0.4, -0.2) is 53.8 Å². The number of ether oxygens (including phenoxy) is 1. The van der Waals surface area contributed by atoms with Crippen molar-refractivity contribution >= 4 is 33.5 Å². The molecule has 0 bridgehead atoms. The zero-order valence-corrected chi connectivity index (χ0v) is 24.2. The first-order valence-corrected chi connectivity index (χ1v) is 16.0. The summed E-state index contributed by atoms with van der Waals surface area (Å²) in [7, 11) is -4.08. The van der Waals surface area contributed by atoms with E-state index in [4.69, 9.17) is 10.5 Å². The number of fused-ring (bicyclic) bond motifs is 1. The molecule has 3 aromatic carbocycles. The SMILES string of the molecule is CCCOC(=O)C1C(c2ccccc2)C(S(=O)(=O)c2ccccc2)C(N)N2C(=O)C(Cc3ccccc3C)SC12. The van der Waals surface area contributed by atoms with Gasteiger partial charge in [0, 0.05) is 5.92 Å². The molecule has 2 fully saturated rings. The highest BCUT2D eigenvalue weighted by atomic mass is 32.2. The molecule has 7 nitrogen and oxygen atoms in total. The summed E-state index contributed by atoms with van der Waals surface area (Å²) in [4.78, 5) is 29.4. The summed E-state index contributed by atoms with van der Waals surface area (Å²) in [5, 5.41) is -2.42. The first-order chi connectivity index (χ1) is 19.3. The van der Waals surface area contributed by atoms with Gasteiger partial charge in [-0.15, -0.1) is 11.8 Å². The Bertz CT molecular complexity index is 1470. The zero-order chi connectivity index (χ0) is 28.4. The largest absolute Gasteiger partial charge is 0.465 e. The second-order valence-corrected chi connectivity index (χ2v) is 13.8. The monoisotopic (exact) mass is 578 g/mol. The zero-order valence-electron chi connectivity index (χ0n) is 22.6. The number of hydrogen-bond acceptors (Lipinski definition) is 7. The fourth-order valence-corrected chi connectivity index (χ4v) is 9.60. The summed E-state index contributed by atoms with van der Waals surface area (Å²) in [6, 6.07) is 25.1. The molecule has 2 N–H and O–H groups in total. The second-order valence-electron chi connectivity index (χ2n) is 10.3. The van der Waals surface area contributed by atoms with Crippen LogP contribution in [0.2, 0.25) is 0 Å². The Morgan fingerprint density at radius 1 is 0.975 bits per heavy atom. The number of carbonyl (C=O) groups is 2. The molecule has 0 aliphatic carbocycles. The number of benzene rings is 3. The van der Waals surface area contributed by atoms with Crippen molar-refractivity contribution in [3.8, 4) is 0 Å². The number of piperidine rings is 1. The van der Waals surface area contributed by atoms with Crippen LogP contribution in [0.15, 0.2) is 89.8 Å². The first kappa shape index (κ1) is 28.4. The third-order valence-electron chi connectivity index (χ3n) is 7.82. The lowest BCUT2D eigenvalue weighted by Gasteiger charge is -2.48. The lowest BCUT2D eigenvalue weighted by Crippen LogP contribution is -2.66.